The molecular weight excluding hydrogens is 480 g/mol. The van der Waals surface area contributed by atoms with E-state index < -0.39 is 24.2 Å². The van der Waals surface area contributed by atoms with Crippen LogP contribution in [0, 0.1) is 0 Å². The van der Waals surface area contributed by atoms with E-state index in [1.54, 1.807) is 34.8 Å². The maximum Gasteiger partial charge on any atom is 0.407 e. The Morgan fingerprint density at radius 3 is 2.50 bits per heavy atom. The highest BCUT2D eigenvalue weighted by Crippen LogP contribution is 2.28. The van der Waals surface area contributed by atoms with Crippen molar-refractivity contribution in [1.29, 1.82) is 0 Å². The van der Waals surface area contributed by atoms with E-state index in [4.69, 9.17) is 14.2 Å². The molecule has 0 saturated carbocycles. The Morgan fingerprint density at radius 1 is 1.18 bits per heavy atom. The van der Waals surface area contributed by atoms with E-state index in [0.29, 0.717) is 6.54 Å². The van der Waals surface area contributed by atoms with E-state index in [2.05, 4.69) is 20.9 Å². The number of aliphatic hydroxyl groups excluding tert-OH is 1. The molecule has 196 valence electrons. The second-order valence-electron chi connectivity index (χ2n) is 7.45. The van der Waals surface area contributed by atoms with E-state index in [-0.39, 0.29) is 32.1 Å². The lowest BCUT2D eigenvalue weighted by Gasteiger charge is -2.29. The highest BCUT2D eigenvalue weighted by atomic mass is 33.1. The van der Waals surface area contributed by atoms with E-state index >= 15 is 0 Å². The number of likely N-dealkylation sites (N-methyl/N-ethyl adjacent to an activating group) is 1. The number of hydrogen-bond donors (Lipinski definition) is 4. The number of alkyl carbamates (subject to hydrolysis) is 1. The van der Waals surface area contributed by atoms with Gasteiger partial charge in [0.25, 0.3) is 0 Å². The molecule has 0 radical (unpaired) electrons. The molecule has 1 heterocycles. The van der Waals surface area contributed by atoms with Crippen LogP contribution in [0.2, 0.25) is 0 Å². The molecule has 0 spiro atoms. The number of pyridine rings is 1. The van der Waals surface area contributed by atoms with Crippen LogP contribution in [0.1, 0.15) is 41.0 Å². The number of aliphatic hydroxyl groups is 1. The van der Waals surface area contributed by atoms with Gasteiger partial charge in [-0.1, -0.05) is 30.7 Å². The molecule has 1 aromatic heterocycles. The van der Waals surface area contributed by atoms with Gasteiger partial charge in [-0.25, -0.2) is 9.78 Å². The van der Waals surface area contributed by atoms with Crippen molar-refractivity contribution >= 4 is 33.6 Å². The van der Waals surface area contributed by atoms with Crippen LogP contribution in [0.3, 0.4) is 0 Å². The number of carbonyl (C=O) groups excluding carboxylic acids is 2. The van der Waals surface area contributed by atoms with Gasteiger partial charge in [0.2, 0.25) is 5.91 Å². The maximum atomic E-state index is 11.9. The molecule has 2 atom stereocenters. The lowest BCUT2D eigenvalue weighted by atomic mass is 10.2. The van der Waals surface area contributed by atoms with Crippen molar-refractivity contribution in [2.75, 3.05) is 39.1 Å². The zero-order valence-electron chi connectivity index (χ0n) is 21.0. The molecule has 1 aromatic rings. The summed E-state index contributed by atoms with van der Waals surface area (Å²) in [5, 5.41) is 18.3. The predicted octanol–water partition coefficient (Wildman–Crippen LogP) is 2.78. The summed E-state index contributed by atoms with van der Waals surface area (Å²) in [6, 6.07) is 5.71. The van der Waals surface area contributed by atoms with Crippen LogP contribution in [-0.4, -0.2) is 79.3 Å². The highest BCUT2D eigenvalue weighted by Gasteiger charge is 2.23. The smallest absolute Gasteiger partial charge is 0.407 e. The van der Waals surface area contributed by atoms with Gasteiger partial charge in [-0.3, -0.25) is 10.1 Å². The number of rotatable bonds is 15. The number of nitrogens with one attached hydrogen (secondary N) is 3. The summed E-state index contributed by atoms with van der Waals surface area (Å²) in [7, 11) is 4.79. The number of aromatic nitrogens is 1. The summed E-state index contributed by atoms with van der Waals surface area (Å²) in [5.41, 5.74) is -0.537. The van der Waals surface area contributed by atoms with E-state index in [9.17, 15) is 14.7 Å². The molecule has 0 saturated heterocycles. The second kappa shape index (κ2) is 19.7. The predicted molar refractivity (Wildman–Crippen MR) is 137 cm³/mol. The largest absolute Gasteiger partial charge is 0.444 e. The first-order valence-corrected chi connectivity index (χ1v) is 13.5. The topological polar surface area (TPSA) is 131 Å². The molecule has 2 unspecified atom stereocenters. The molecule has 12 heteroatoms. The molecule has 1 rings (SSSR count). The number of hydrogen-bond acceptors (Lipinski definition) is 10. The van der Waals surface area contributed by atoms with Gasteiger partial charge in [0.15, 0.2) is 6.29 Å². The van der Waals surface area contributed by atoms with Crippen molar-refractivity contribution in [2.24, 2.45) is 0 Å². The average molecular weight is 521 g/mol. The second-order valence-corrected chi connectivity index (χ2v) is 9.89. The Labute approximate surface area is 211 Å². The average Bonchev–Trinajstić information content (AvgIpc) is 2.81. The van der Waals surface area contributed by atoms with E-state index in [0.717, 1.165) is 10.8 Å². The molecule has 34 heavy (non-hydrogen) atoms. The van der Waals surface area contributed by atoms with Crippen LogP contribution in [0.4, 0.5) is 4.79 Å². The lowest BCUT2D eigenvalue weighted by molar-refractivity contribution is -0.237. The summed E-state index contributed by atoms with van der Waals surface area (Å²) in [5.74, 6) is 0.574. The number of carbonyl (C=O) groups is 2. The standard InChI is InChI=1S/C20H34N4O6S2.C2H6/c1-20(2,3)30-18(29-16(13-25)21-4)14-28-19(27)24-10-8-15(26)22-11-12-31-32-17-7-5-6-9-23-17;1-2/h5-7,9,16,18,21,25H,8,10-14H2,1-4H3,(H,22,26)(H,24,27);1-2H3. The summed E-state index contributed by atoms with van der Waals surface area (Å²) in [6.45, 7) is 9.75. The summed E-state index contributed by atoms with van der Waals surface area (Å²) >= 11 is 0. The van der Waals surface area contributed by atoms with Crippen LogP contribution in [0.15, 0.2) is 29.4 Å². The minimum absolute atomic E-state index is 0.137. The Balaban J connectivity index is 0.00000529. The molecule has 2 amide bonds. The molecule has 0 aliphatic heterocycles. The van der Waals surface area contributed by atoms with Crippen LogP contribution >= 0.6 is 21.6 Å². The first-order valence-electron chi connectivity index (χ1n) is 11.2. The third-order valence-corrected chi connectivity index (χ3v) is 5.82. The Morgan fingerprint density at radius 2 is 1.91 bits per heavy atom. The highest BCUT2D eigenvalue weighted by molar-refractivity contribution is 8.76. The SMILES string of the molecule is CC.CNC(CO)OC(COC(=O)NCCC(=O)NCCSSc1ccccn1)OC(C)(C)C. The fourth-order valence-corrected chi connectivity index (χ4v) is 3.96. The molecule has 0 aliphatic carbocycles. The Hall–Kier alpha value is -1.57. The quantitative estimate of drug-likeness (QED) is 0.155. The first kappa shape index (κ1) is 32.4. The van der Waals surface area contributed by atoms with Gasteiger partial charge in [0.1, 0.15) is 17.9 Å². The molecule has 0 fully saturated rings. The van der Waals surface area contributed by atoms with Crippen molar-refractivity contribution in [3.63, 3.8) is 0 Å². The fourth-order valence-electron chi connectivity index (χ4n) is 2.17. The number of nitrogens with zero attached hydrogens (tertiary/aromatic N) is 1. The van der Waals surface area contributed by atoms with Crippen molar-refractivity contribution in [1.82, 2.24) is 20.9 Å². The van der Waals surface area contributed by atoms with Crippen LogP contribution in [0.5, 0.6) is 0 Å². The summed E-state index contributed by atoms with van der Waals surface area (Å²) in [6.07, 6.45) is -0.329. The van der Waals surface area contributed by atoms with E-state index in [1.165, 1.54) is 0 Å². The minimum atomic E-state index is -0.866. The number of amides is 2. The summed E-state index contributed by atoms with van der Waals surface area (Å²) in [4.78, 5) is 28.0. The molecule has 4 N–H and O–H groups in total. The minimum Gasteiger partial charge on any atom is -0.444 e. The molecule has 0 aromatic carbocycles. The molecular formula is C22H40N4O6S2. The van der Waals surface area contributed by atoms with Crippen LogP contribution in [-0.2, 0) is 19.0 Å². The normalized spacial score (nSPS) is 12.7. The van der Waals surface area contributed by atoms with Crippen molar-refractivity contribution in [3.05, 3.63) is 24.4 Å². The van der Waals surface area contributed by atoms with Crippen molar-refractivity contribution in [2.45, 2.75) is 64.2 Å². The van der Waals surface area contributed by atoms with Gasteiger partial charge in [0, 0.05) is 31.5 Å². The van der Waals surface area contributed by atoms with Crippen molar-refractivity contribution in [3.8, 4) is 0 Å². The zero-order chi connectivity index (χ0) is 25.8. The fraction of sp³-hybridized carbons (Fsp3) is 0.682. The van der Waals surface area contributed by atoms with Crippen LogP contribution < -0.4 is 16.0 Å². The van der Waals surface area contributed by atoms with Gasteiger partial charge in [-0.15, -0.1) is 0 Å². The van der Waals surface area contributed by atoms with E-state index in [1.807, 2.05) is 52.8 Å². The Kier molecular flexibility index (Phi) is 18.8. The van der Waals surface area contributed by atoms with Gasteiger partial charge in [-0.05, 0) is 50.7 Å². The third kappa shape index (κ3) is 17.8. The number of ether oxygens (including phenoxy) is 3. The molecule has 0 aliphatic rings. The van der Waals surface area contributed by atoms with Gasteiger partial charge >= 0.3 is 6.09 Å². The molecule has 10 nitrogen and oxygen atoms in total. The lowest BCUT2D eigenvalue weighted by Crippen LogP contribution is -2.42. The van der Waals surface area contributed by atoms with Gasteiger partial charge in [-0.2, -0.15) is 0 Å². The zero-order valence-corrected chi connectivity index (χ0v) is 22.6. The first-order chi connectivity index (χ1) is 16.2. The maximum absolute atomic E-state index is 11.9. The Bertz CT molecular complexity index is 661. The van der Waals surface area contributed by atoms with Gasteiger partial charge < -0.3 is 30.0 Å². The summed E-state index contributed by atoms with van der Waals surface area (Å²) < 4.78 is 16.4. The van der Waals surface area contributed by atoms with Crippen LogP contribution in [0.25, 0.3) is 0 Å². The third-order valence-electron chi connectivity index (χ3n) is 3.55. The monoisotopic (exact) mass is 520 g/mol. The molecule has 0 bridgehead atoms. The van der Waals surface area contributed by atoms with Crippen molar-refractivity contribution < 1.29 is 28.9 Å². The van der Waals surface area contributed by atoms with Gasteiger partial charge in [0.05, 0.1) is 12.2 Å².